The molecule has 162 valence electrons. The molecule has 0 unspecified atom stereocenters. The molecule has 0 spiro atoms. The number of nitrogens with two attached hydrogens (primary N) is 1. The van der Waals surface area contributed by atoms with Crippen LogP contribution in [0.4, 0.5) is 5.82 Å². The molecule has 2 rings (SSSR count). The van der Waals surface area contributed by atoms with Crippen LogP contribution in [0.5, 0.6) is 11.5 Å². The summed E-state index contributed by atoms with van der Waals surface area (Å²) in [4.78, 5) is 48.9. The molecular formula is C19H22ClN3O7. The van der Waals surface area contributed by atoms with Gasteiger partial charge in [-0.1, -0.05) is 11.6 Å². The molecule has 0 aliphatic heterocycles. The highest BCUT2D eigenvalue weighted by molar-refractivity contribution is 6.32. The van der Waals surface area contributed by atoms with E-state index in [1.807, 2.05) is 0 Å². The Balaban J connectivity index is 2.27. The lowest BCUT2D eigenvalue weighted by atomic mass is 10.2. The second-order valence-corrected chi connectivity index (χ2v) is 7.03. The van der Waals surface area contributed by atoms with E-state index in [0.717, 1.165) is 9.13 Å². The number of halogens is 1. The highest BCUT2D eigenvalue weighted by Gasteiger charge is 2.23. The van der Waals surface area contributed by atoms with Crippen LogP contribution in [-0.4, -0.2) is 40.7 Å². The lowest BCUT2D eigenvalue weighted by Gasteiger charge is -2.16. The molecule has 30 heavy (non-hydrogen) atoms. The van der Waals surface area contributed by atoms with Crippen molar-refractivity contribution in [2.45, 2.75) is 20.0 Å². The molecule has 0 amide bonds. The molecular weight excluding hydrogens is 418 g/mol. The SMILES string of the molecule is COc1cc(C(=O)OCC(=O)c2c(N)n(C)c(=O)n(C)c2=O)cc(Cl)c1OC(C)C. The zero-order chi connectivity index (χ0) is 22.7. The quantitative estimate of drug-likeness (QED) is 0.502. The number of nitrogen functional groups attached to an aromatic ring is 1. The van der Waals surface area contributed by atoms with Crippen LogP contribution in [0, 0.1) is 0 Å². The normalized spacial score (nSPS) is 10.8. The molecule has 0 saturated carbocycles. The molecule has 0 saturated heterocycles. The lowest BCUT2D eigenvalue weighted by molar-refractivity contribution is 0.0474. The number of nitrogens with zero attached hydrogens (tertiary/aromatic N) is 2. The number of ketones is 1. The maximum atomic E-state index is 12.4. The molecule has 0 atom stereocenters. The van der Waals surface area contributed by atoms with Gasteiger partial charge in [0.25, 0.3) is 5.56 Å². The number of esters is 1. The molecule has 1 aromatic carbocycles. The minimum absolute atomic E-state index is 0.0158. The van der Waals surface area contributed by atoms with Crippen LogP contribution in [-0.2, 0) is 18.8 Å². The number of hydrogen-bond acceptors (Lipinski definition) is 8. The Labute approximate surface area is 176 Å². The topological polar surface area (TPSA) is 132 Å². The molecule has 10 nitrogen and oxygen atoms in total. The van der Waals surface area contributed by atoms with Gasteiger partial charge in [-0.2, -0.15) is 0 Å². The Morgan fingerprint density at radius 1 is 1.17 bits per heavy atom. The largest absolute Gasteiger partial charge is 0.493 e. The third-order valence-electron chi connectivity index (χ3n) is 4.14. The molecule has 2 aromatic rings. The highest BCUT2D eigenvalue weighted by Crippen LogP contribution is 2.37. The number of hydrogen-bond donors (Lipinski definition) is 1. The van der Waals surface area contributed by atoms with Gasteiger partial charge in [-0.15, -0.1) is 0 Å². The summed E-state index contributed by atoms with van der Waals surface area (Å²) in [5.41, 5.74) is 3.74. The van der Waals surface area contributed by atoms with E-state index in [1.54, 1.807) is 13.8 Å². The van der Waals surface area contributed by atoms with Crippen molar-refractivity contribution in [2.24, 2.45) is 14.1 Å². The number of carbonyl (C=O) groups is 2. The first-order chi connectivity index (χ1) is 14.0. The van der Waals surface area contributed by atoms with Crippen molar-refractivity contribution in [3.05, 3.63) is 49.1 Å². The highest BCUT2D eigenvalue weighted by atomic mass is 35.5. The van der Waals surface area contributed by atoms with Gasteiger partial charge in [-0.25, -0.2) is 9.59 Å². The van der Waals surface area contributed by atoms with Gasteiger partial charge in [0.15, 0.2) is 18.1 Å². The molecule has 0 bridgehead atoms. The zero-order valence-electron chi connectivity index (χ0n) is 17.1. The average Bonchev–Trinajstić information content (AvgIpc) is 2.70. The van der Waals surface area contributed by atoms with Crippen LogP contribution >= 0.6 is 11.6 Å². The maximum absolute atomic E-state index is 12.4. The Kier molecular flexibility index (Phi) is 6.93. The summed E-state index contributed by atoms with van der Waals surface area (Å²) >= 11 is 6.18. The van der Waals surface area contributed by atoms with Crippen LogP contribution in [0.15, 0.2) is 21.7 Å². The van der Waals surface area contributed by atoms with Gasteiger partial charge in [-0.3, -0.25) is 18.7 Å². The van der Waals surface area contributed by atoms with E-state index >= 15 is 0 Å². The number of anilines is 1. The van der Waals surface area contributed by atoms with E-state index in [0.29, 0.717) is 0 Å². The fourth-order valence-corrected chi connectivity index (χ4v) is 2.85. The number of Topliss-reactive ketones (excluding diaryl/α,β-unsaturated/α-hetero) is 1. The number of rotatable bonds is 7. The van der Waals surface area contributed by atoms with Crippen LogP contribution in [0.1, 0.15) is 34.6 Å². The van der Waals surface area contributed by atoms with Crippen molar-refractivity contribution in [3.63, 3.8) is 0 Å². The molecule has 1 heterocycles. The van der Waals surface area contributed by atoms with Crippen molar-refractivity contribution < 1.29 is 23.8 Å². The van der Waals surface area contributed by atoms with E-state index in [-0.39, 0.29) is 34.0 Å². The summed E-state index contributed by atoms with van der Waals surface area (Å²) in [6.07, 6.45) is -0.179. The Bertz CT molecular complexity index is 1120. The number of carbonyl (C=O) groups excluding carboxylic acids is 2. The van der Waals surface area contributed by atoms with Crippen molar-refractivity contribution in [1.82, 2.24) is 9.13 Å². The molecule has 0 aliphatic rings. The lowest BCUT2D eigenvalue weighted by Crippen LogP contribution is -2.42. The third-order valence-corrected chi connectivity index (χ3v) is 4.42. The molecule has 0 fully saturated rings. The summed E-state index contributed by atoms with van der Waals surface area (Å²) in [6, 6.07) is 2.67. The van der Waals surface area contributed by atoms with Crippen molar-refractivity contribution >= 4 is 29.2 Å². The number of benzene rings is 1. The van der Waals surface area contributed by atoms with Gasteiger partial charge in [0, 0.05) is 14.1 Å². The summed E-state index contributed by atoms with van der Waals surface area (Å²) < 4.78 is 17.5. The Morgan fingerprint density at radius 2 is 1.80 bits per heavy atom. The molecule has 2 N–H and O–H groups in total. The maximum Gasteiger partial charge on any atom is 0.338 e. The zero-order valence-corrected chi connectivity index (χ0v) is 17.9. The predicted octanol–water partition coefficient (Wildman–Crippen LogP) is 1.16. The summed E-state index contributed by atoms with van der Waals surface area (Å²) in [5, 5.41) is 0.123. The second kappa shape index (κ2) is 9.04. The number of aromatic nitrogens is 2. The van der Waals surface area contributed by atoms with E-state index in [4.69, 9.17) is 31.5 Å². The number of methoxy groups -OCH3 is 1. The first kappa shape index (κ1) is 23.0. The molecule has 11 heteroatoms. The smallest absolute Gasteiger partial charge is 0.338 e. The third kappa shape index (κ3) is 4.48. The minimum Gasteiger partial charge on any atom is -0.493 e. The van der Waals surface area contributed by atoms with Crippen molar-refractivity contribution in [2.75, 3.05) is 19.5 Å². The van der Waals surface area contributed by atoms with Gasteiger partial charge in [0.1, 0.15) is 11.4 Å². The molecule has 0 aliphatic carbocycles. The fourth-order valence-electron chi connectivity index (χ4n) is 2.60. The van der Waals surface area contributed by atoms with Crippen LogP contribution < -0.4 is 26.5 Å². The van der Waals surface area contributed by atoms with Gasteiger partial charge < -0.3 is 19.9 Å². The van der Waals surface area contributed by atoms with Crippen LogP contribution in [0.2, 0.25) is 5.02 Å². The summed E-state index contributed by atoms with van der Waals surface area (Å²) in [7, 11) is 3.91. The standard InChI is InChI=1S/C19H22ClN3O7/c1-9(2)30-15-11(20)6-10(7-13(15)28-5)18(26)29-8-12(24)14-16(21)22(3)19(27)23(4)17(14)25/h6-7,9H,8,21H2,1-5H3. The van der Waals surface area contributed by atoms with Crippen molar-refractivity contribution in [1.29, 1.82) is 0 Å². The van der Waals surface area contributed by atoms with E-state index in [1.165, 1.54) is 33.3 Å². The Hall–Kier alpha value is -3.27. The van der Waals surface area contributed by atoms with Gasteiger partial charge in [0.2, 0.25) is 5.78 Å². The fraction of sp³-hybridized carbons (Fsp3) is 0.368. The number of ether oxygens (including phenoxy) is 3. The first-order valence-corrected chi connectivity index (χ1v) is 9.17. The Morgan fingerprint density at radius 3 is 2.37 bits per heavy atom. The second-order valence-electron chi connectivity index (χ2n) is 6.62. The van der Waals surface area contributed by atoms with E-state index < -0.39 is 35.2 Å². The minimum atomic E-state index is -0.878. The van der Waals surface area contributed by atoms with Crippen molar-refractivity contribution in [3.8, 4) is 11.5 Å². The average molecular weight is 440 g/mol. The van der Waals surface area contributed by atoms with Gasteiger partial charge >= 0.3 is 11.7 Å². The summed E-state index contributed by atoms with van der Waals surface area (Å²) in [5.74, 6) is -1.56. The molecule has 0 radical (unpaired) electrons. The monoisotopic (exact) mass is 439 g/mol. The van der Waals surface area contributed by atoms with E-state index in [9.17, 15) is 19.2 Å². The molecule has 1 aromatic heterocycles. The van der Waals surface area contributed by atoms with Gasteiger partial charge in [0.05, 0.1) is 23.8 Å². The summed E-state index contributed by atoms with van der Waals surface area (Å²) in [6.45, 7) is 2.85. The van der Waals surface area contributed by atoms with E-state index in [2.05, 4.69) is 0 Å². The van der Waals surface area contributed by atoms with Crippen LogP contribution in [0.25, 0.3) is 0 Å². The predicted molar refractivity (Wildman–Crippen MR) is 110 cm³/mol. The van der Waals surface area contributed by atoms with Gasteiger partial charge in [-0.05, 0) is 26.0 Å². The van der Waals surface area contributed by atoms with Crippen LogP contribution in [0.3, 0.4) is 0 Å². The first-order valence-electron chi connectivity index (χ1n) is 8.79.